The van der Waals surface area contributed by atoms with E-state index in [1.165, 1.54) is 12.0 Å². The molecule has 6 heteroatoms. The summed E-state index contributed by atoms with van der Waals surface area (Å²) in [5.74, 6) is -0.107. The third kappa shape index (κ3) is 4.91. The highest BCUT2D eigenvalue weighted by molar-refractivity contribution is 9.10. The first-order valence-corrected chi connectivity index (χ1v) is 11.2. The lowest BCUT2D eigenvalue weighted by Gasteiger charge is -2.18. The van der Waals surface area contributed by atoms with Gasteiger partial charge in [0.25, 0.3) is 5.91 Å². The van der Waals surface area contributed by atoms with Crippen LogP contribution in [0.1, 0.15) is 18.1 Å². The van der Waals surface area contributed by atoms with E-state index in [1.807, 2.05) is 78.9 Å². The number of benzene rings is 3. The standard InChI is InChI=1S/C27H22BrNO4/c1-18-25(27(31)32-2)24(26(30)29(18)22-12-10-21(28)11-13-22)16-19-8-14-23(15-9-19)33-17-20-6-4-3-5-7-20/h3-16H,17H2,1-2H3/b24-16-. The fourth-order valence-electron chi connectivity index (χ4n) is 3.65. The van der Waals surface area contributed by atoms with Crippen molar-refractivity contribution in [2.75, 3.05) is 12.0 Å². The van der Waals surface area contributed by atoms with E-state index in [0.717, 1.165) is 21.3 Å². The Morgan fingerprint density at radius 1 is 0.970 bits per heavy atom. The highest BCUT2D eigenvalue weighted by atomic mass is 79.9. The Balaban J connectivity index is 1.60. The zero-order chi connectivity index (χ0) is 23.4. The van der Waals surface area contributed by atoms with Crippen molar-refractivity contribution in [1.82, 2.24) is 0 Å². The Kier molecular flexibility index (Phi) is 6.75. The molecule has 0 saturated heterocycles. The second-order valence-corrected chi connectivity index (χ2v) is 8.39. The number of carbonyl (C=O) groups excluding carboxylic acids is 2. The van der Waals surface area contributed by atoms with E-state index in [9.17, 15) is 9.59 Å². The van der Waals surface area contributed by atoms with E-state index in [-0.39, 0.29) is 11.5 Å². The molecule has 0 aliphatic carbocycles. The lowest BCUT2D eigenvalue weighted by Crippen LogP contribution is -2.24. The van der Waals surface area contributed by atoms with Crippen LogP contribution in [-0.2, 0) is 20.9 Å². The van der Waals surface area contributed by atoms with Crippen LogP contribution in [0.3, 0.4) is 0 Å². The molecule has 3 aromatic carbocycles. The molecule has 1 heterocycles. The van der Waals surface area contributed by atoms with Gasteiger partial charge in [0.1, 0.15) is 12.4 Å². The van der Waals surface area contributed by atoms with Gasteiger partial charge in [-0.2, -0.15) is 0 Å². The smallest absolute Gasteiger partial charge is 0.340 e. The molecule has 1 aliphatic rings. The fourth-order valence-corrected chi connectivity index (χ4v) is 3.91. The number of nitrogens with zero attached hydrogens (tertiary/aromatic N) is 1. The Morgan fingerprint density at radius 2 is 1.64 bits per heavy atom. The van der Waals surface area contributed by atoms with Crippen molar-refractivity contribution in [3.05, 3.63) is 111 Å². The molecule has 0 radical (unpaired) electrons. The number of rotatable bonds is 6. The van der Waals surface area contributed by atoms with Crippen LogP contribution in [0.4, 0.5) is 5.69 Å². The van der Waals surface area contributed by atoms with Crippen LogP contribution in [0.25, 0.3) is 6.08 Å². The number of ether oxygens (including phenoxy) is 2. The lowest BCUT2D eigenvalue weighted by molar-refractivity contribution is -0.136. The average Bonchev–Trinajstić information content (AvgIpc) is 3.08. The van der Waals surface area contributed by atoms with Crippen LogP contribution in [0.2, 0.25) is 0 Å². The number of hydrogen-bond acceptors (Lipinski definition) is 4. The predicted molar refractivity (Wildman–Crippen MR) is 132 cm³/mol. The van der Waals surface area contributed by atoms with Crippen molar-refractivity contribution in [3.63, 3.8) is 0 Å². The van der Waals surface area contributed by atoms with Crippen molar-refractivity contribution in [3.8, 4) is 5.75 Å². The zero-order valence-corrected chi connectivity index (χ0v) is 19.8. The van der Waals surface area contributed by atoms with E-state index in [1.54, 1.807) is 13.0 Å². The van der Waals surface area contributed by atoms with Gasteiger partial charge < -0.3 is 9.47 Å². The van der Waals surface area contributed by atoms with Crippen LogP contribution in [0.5, 0.6) is 5.75 Å². The van der Waals surface area contributed by atoms with Gasteiger partial charge in [0.15, 0.2) is 0 Å². The molecule has 0 unspecified atom stereocenters. The molecule has 0 bridgehead atoms. The fraction of sp³-hybridized carbons (Fsp3) is 0.111. The number of methoxy groups -OCH3 is 1. The SMILES string of the molecule is COC(=O)C1=C(C)N(c2ccc(Br)cc2)C(=O)/C1=C\c1ccc(OCc2ccccc2)cc1. The van der Waals surface area contributed by atoms with Crippen molar-refractivity contribution in [2.45, 2.75) is 13.5 Å². The topological polar surface area (TPSA) is 55.8 Å². The van der Waals surface area contributed by atoms with Gasteiger partial charge >= 0.3 is 5.97 Å². The first-order chi connectivity index (χ1) is 16.0. The molecule has 0 atom stereocenters. The Labute approximate surface area is 201 Å². The summed E-state index contributed by atoms with van der Waals surface area (Å²) < 4.78 is 11.7. The molecular weight excluding hydrogens is 482 g/mol. The maximum absolute atomic E-state index is 13.3. The molecule has 1 amide bonds. The van der Waals surface area contributed by atoms with E-state index < -0.39 is 5.97 Å². The summed E-state index contributed by atoms with van der Waals surface area (Å²) in [6, 6.07) is 24.7. The molecule has 0 spiro atoms. The lowest BCUT2D eigenvalue weighted by atomic mass is 10.0. The third-order valence-electron chi connectivity index (χ3n) is 5.31. The number of carbonyl (C=O) groups is 2. The summed E-state index contributed by atoms with van der Waals surface area (Å²) in [4.78, 5) is 27.4. The summed E-state index contributed by atoms with van der Waals surface area (Å²) >= 11 is 3.41. The number of allylic oxidation sites excluding steroid dienone is 1. The van der Waals surface area contributed by atoms with Crippen LogP contribution >= 0.6 is 15.9 Å². The Morgan fingerprint density at radius 3 is 2.27 bits per heavy atom. The Bertz CT molecular complexity index is 1230. The van der Waals surface area contributed by atoms with E-state index in [0.29, 0.717) is 23.6 Å². The monoisotopic (exact) mass is 503 g/mol. The molecule has 166 valence electrons. The number of hydrogen-bond donors (Lipinski definition) is 0. The summed E-state index contributed by atoms with van der Waals surface area (Å²) in [5.41, 5.74) is 3.61. The van der Waals surface area contributed by atoms with Crippen molar-refractivity contribution < 1.29 is 19.1 Å². The minimum absolute atomic E-state index is 0.259. The molecule has 0 aromatic heterocycles. The highest BCUT2D eigenvalue weighted by Gasteiger charge is 2.37. The number of halogens is 1. The van der Waals surface area contributed by atoms with Crippen molar-refractivity contribution >= 4 is 39.6 Å². The van der Waals surface area contributed by atoms with Crippen LogP contribution in [0.15, 0.2) is 100 Å². The number of anilines is 1. The van der Waals surface area contributed by atoms with Gasteiger partial charge in [0.05, 0.1) is 18.3 Å². The third-order valence-corrected chi connectivity index (χ3v) is 5.84. The molecule has 5 nitrogen and oxygen atoms in total. The summed E-state index contributed by atoms with van der Waals surface area (Å²) in [6.45, 7) is 2.21. The molecule has 1 aliphatic heterocycles. The first-order valence-electron chi connectivity index (χ1n) is 10.4. The Hall–Kier alpha value is -3.64. The van der Waals surface area contributed by atoms with E-state index in [4.69, 9.17) is 9.47 Å². The predicted octanol–water partition coefficient (Wildman–Crippen LogP) is 5.91. The number of amides is 1. The second kappa shape index (κ2) is 9.88. The minimum atomic E-state index is -0.547. The van der Waals surface area contributed by atoms with Gasteiger partial charge in [-0.3, -0.25) is 9.69 Å². The van der Waals surface area contributed by atoms with E-state index >= 15 is 0 Å². The van der Waals surface area contributed by atoms with Crippen LogP contribution < -0.4 is 9.64 Å². The summed E-state index contributed by atoms with van der Waals surface area (Å²) in [7, 11) is 1.31. The van der Waals surface area contributed by atoms with Gasteiger partial charge in [-0.05, 0) is 60.5 Å². The van der Waals surface area contributed by atoms with E-state index in [2.05, 4.69) is 15.9 Å². The van der Waals surface area contributed by atoms with Crippen LogP contribution in [-0.4, -0.2) is 19.0 Å². The van der Waals surface area contributed by atoms with Gasteiger partial charge in [-0.15, -0.1) is 0 Å². The second-order valence-electron chi connectivity index (χ2n) is 7.47. The molecule has 0 saturated carbocycles. The molecule has 3 aromatic rings. The van der Waals surface area contributed by atoms with Gasteiger partial charge in [0, 0.05) is 15.9 Å². The molecule has 0 fully saturated rings. The summed E-state index contributed by atoms with van der Waals surface area (Å²) in [6.07, 6.45) is 1.71. The molecular formula is C27H22BrNO4. The molecule has 0 N–H and O–H groups in total. The minimum Gasteiger partial charge on any atom is -0.489 e. The molecule has 33 heavy (non-hydrogen) atoms. The maximum atomic E-state index is 13.3. The molecule has 4 rings (SSSR count). The van der Waals surface area contributed by atoms with Gasteiger partial charge in [-0.1, -0.05) is 58.4 Å². The normalized spacial score (nSPS) is 14.7. The van der Waals surface area contributed by atoms with Gasteiger partial charge in [-0.25, -0.2) is 4.79 Å². The zero-order valence-electron chi connectivity index (χ0n) is 18.2. The average molecular weight is 504 g/mol. The van der Waals surface area contributed by atoms with Crippen molar-refractivity contribution in [2.24, 2.45) is 0 Å². The number of esters is 1. The summed E-state index contributed by atoms with van der Waals surface area (Å²) in [5, 5.41) is 0. The highest BCUT2D eigenvalue weighted by Crippen LogP contribution is 2.36. The van der Waals surface area contributed by atoms with Gasteiger partial charge in [0.2, 0.25) is 0 Å². The first kappa shape index (κ1) is 22.6. The van der Waals surface area contributed by atoms with Crippen molar-refractivity contribution in [1.29, 1.82) is 0 Å². The largest absolute Gasteiger partial charge is 0.489 e. The quantitative estimate of drug-likeness (QED) is 0.310. The van der Waals surface area contributed by atoms with Crippen LogP contribution in [0, 0.1) is 0 Å². The maximum Gasteiger partial charge on any atom is 0.340 e.